The Morgan fingerprint density at radius 1 is 1.13 bits per heavy atom. The lowest BCUT2D eigenvalue weighted by Gasteiger charge is -2.32. The van der Waals surface area contributed by atoms with Crippen LogP contribution in [0.4, 0.5) is 0 Å². The fourth-order valence-electron chi connectivity index (χ4n) is 3.60. The topological polar surface area (TPSA) is 32.3 Å². The number of thioether (sulfide) groups is 1. The molecular weight excluding hydrogens is 304 g/mol. The van der Waals surface area contributed by atoms with Gasteiger partial charge in [0.15, 0.2) is 5.16 Å². The van der Waals surface area contributed by atoms with Gasteiger partial charge in [0.1, 0.15) is 0 Å². The number of piperidine rings is 1. The third-order valence-corrected chi connectivity index (χ3v) is 5.93. The van der Waals surface area contributed by atoms with E-state index in [9.17, 15) is 0 Å². The van der Waals surface area contributed by atoms with Gasteiger partial charge in [0.05, 0.1) is 0 Å². The van der Waals surface area contributed by atoms with Crippen LogP contribution in [0.5, 0.6) is 0 Å². The molecule has 0 unspecified atom stereocenters. The molecule has 0 N–H and O–H groups in total. The predicted molar refractivity (Wildman–Crippen MR) is 96.8 cm³/mol. The molecule has 0 saturated carbocycles. The molecule has 2 fully saturated rings. The van der Waals surface area contributed by atoms with Crippen LogP contribution < -0.4 is 0 Å². The summed E-state index contributed by atoms with van der Waals surface area (Å²) in [5, 5.41) is 0.926. The van der Waals surface area contributed by atoms with Gasteiger partial charge in [-0.05, 0) is 38.8 Å². The molecule has 1 aromatic heterocycles. The summed E-state index contributed by atoms with van der Waals surface area (Å²) in [5.41, 5.74) is 1.25. The van der Waals surface area contributed by atoms with Crippen LogP contribution in [0, 0.1) is 0 Å². The van der Waals surface area contributed by atoms with Crippen molar-refractivity contribution in [1.82, 2.24) is 19.8 Å². The summed E-state index contributed by atoms with van der Waals surface area (Å²) < 4.78 is 0. The van der Waals surface area contributed by atoms with Gasteiger partial charge >= 0.3 is 0 Å². The Hall–Kier alpha value is -0.650. The lowest BCUT2D eigenvalue weighted by atomic mass is 10.1. The zero-order chi connectivity index (χ0) is 15.9. The Balaban J connectivity index is 1.44. The molecule has 2 saturated heterocycles. The highest BCUT2D eigenvalue weighted by Crippen LogP contribution is 2.21. The average Bonchev–Trinajstić information content (AvgIpc) is 3.06. The Morgan fingerprint density at radius 3 is 2.65 bits per heavy atom. The van der Waals surface area contributed by atoms with Crippen LogP contribution in [0.25, 0.3) is 0 Å². The second-order valence-corrected chi connectivity index (χ2v) is 7.91. The number of likely N-dealkylation sites (tertiary alicyclic amines) is 2. The molecule has 128 valence electrons. The molecule has 0 spiro atoms. The van der Waals surface area contributed by atoms with Gasteiger partial charge in [0.2, 0.25) is 0 Å². The molecule has 1 atom stereocenters. The summed E-state index contributed by atoms with van der Waals surface area (Å²) in [6.07, 6.45) is 12.0. The summed E-state index contributed by atoms with van der Waals surface area (Å²) in [6.45, 7) is 8.28. The molecule has 3 rings (SSSR count). The number of nitrogens with zero attached hydrogens (tertiary/aromatic N) is 4. The minimum atomic E-state index is 0.778. The first-order valence-electron chi connectivity index (χ1n) is 9.25. The molecule has 1 aromatic rings. The molecule has 2 aliphatic rings. The van der Waals surface area contributed by atoms with Gasteiger partial charge < -0.3 is 0 Å². The largest absolute Gasteiger partial charge is 0.299 e. The minimum absolute atomic E-state index is 0.778. The van der Waals surface area contributed by atoms with E-state index < -0.39 is 0 Å². The van der Waals surface area contributed by atoms with Crippen LogP contribution in [0.1, 0.15) is 51.0 Å². The van der Waals surface area contributed by atoms with Crippen molar-refractivity contribution < 1.29 is 0 Å². The van der Waals surface area contributed by atoms with E-state index in [4.69, 9.17) is 0 Å². The highest BCUT2D eigenvalue weighted by atomic mass is 32.2. The molecule has 0 aromatic carbocycles. The van der Waals surface area contributed by atoms with E-state index in [0.717, 1.165) is 23.5 Å². The number of unbranched alkanes of at least 4 members (excludes halogenated alkanes) is 1. The molecule has 3 heterocycles. The van der Waals surface area contributed by atoms with E-state index in [1.54, 1.807) is 11.8 Å². The van der Waals surface area contributed by atoms with Crippen LogP contribution in [-0.2, 0) is 6.54 Å². The standard InChI is InChI=1S/C18H30N4S/c1-2-3-11-23-18-19-12-16(13-20-18)14-21-10-7-17(15-21)22-8-5-4-6-9-22/h12-13,17H,2-11,14-15H2,1H3/t17-/m1/s1. The quantitative estimate of drug-likeness (QED) is 0.433. The van der Waals surface area contributed by atoms with Gasteiger partial charge in [-0.15, -0.1) is 0 Å². The zero-order valence-corrected chi connectivity index (χ0v) is 15.2. The normalized spacial score (nSPS) is 23.4. The first-order valence-corrected chi connectivity index (χ1v) is 10.2. The SMILES string of the molecule is CCCCSc1ncc(CN2CC[C@@H](N3CCCCC3)C2)cn1. The van der Waals surface area contributed by atoms with E-state index in [1.807, 2.05) is 12.4 Å². The zero-order valence-electron chi connectivity index (χ0n) is 14.4. The van der Waals surface area contributed by atoms with Crippen molar-refractivity contribution in [3.63, 3.8) is 0 Å². The van der Waals surface area contributed by atoms with Crippen LogP contribution >= 0.6 is 11.8 Å². The fraction of sp³-hybridized carbons (Fsp3) is 0.778. The van der Waals surface area contributed by atoms with E-state index in [0.29, 0.717) is 0 Å². The number of hydrogen-bond acceptors (Lipinski definition) is 5. The van der Waals surface area contributed by atoms with E-state index >= 15 is 0 Å². The van der Waals surface area contributed by atoms with Crippen molar-refractivity contribution >= 4 is 11.8 Å². The van der Waals surface area contributed by atoms with Crippen molar-refractivity contribution in [2.45, 2.75) is 63.2 Å². The second-order valence-electron chi connectivity index (χ2n) is 6.85. The van der Waals surface area contributed by atoms with Gasteiger partial charge in [0.25, 0.3) is 0 Å². The first kappa shape index (κ1) is 17.2. The van der Waals surface area contributed by atoms with Gasteiger partial charge in [-0.25, -0.2) is 9.97 Å². The average molecular weight is 335 g/mol. The lowest BCUT2D eigenvalue weighted by Crippen LogP contribution is -2.40. The van der Waals surface area contributed by atoms with Gasteiger partial charge in [0, 0.05) is 49.4 Å². The van der Waals surface area contributed by atoms with Crippen molar-refractivity contribution in [2.24, 2.45) is 0 Å². The summed E-state index contributed by atoms with van der Waals surface area (Å²) in [4.78, 5) is 14.3. The third kappa shape index (κ3) is 5.16. The van der Waals surface area contributed by atoms with Crippen LogP contribution in [-0.4, -0.2) is 57.7 Å². The van der Waals surface area contributed by atoms with Gasteiger partial charge in [-0.1, -0.05) is 31.5 Å². The second kappa shape index (κ2) is 9.00. The monoisotopic (exact) mass is 334 g/mol. The van der Waals surface area contributed by atoms with E-state index in [2.05, 4.69) is 26.7 Å². The number of aromatic nitrogens is 2. The molecule has 5 heteroatoms. The van der Waals surface area contributed by atoms with E-state index in [-0.39, 0.29) is 0 Å². The Morgan fingerprint density at radius 2 is 1.91 bits per heavy atom. The molecular formula is C18H30N4S. The van der Waals surface area contributed by atoms with Crippen molar-refractivity contribution in [3.05, 3.63) is 18.0 Å². The van der Waals surface area contributed by atoms with Gasteiger partial charge in [-0.3, -0.25) is 9.80 Å². The minimum Gasteiger partial charge on any atom is -0.299 e. The molecule has 0 amide bonds. The maximum Gasteiger partial charge on any atom is 0.187 e. The third-order valence-electron chi connectivity index (χ3n) is 4.97. The van der Waals surface area contributed by atoms with Crippen LogP contribution in [0.15, 0.2) is 17.6 Å². The van der Waals surface area contributed by atoms with E-state index in [1.165, 1.54) is 70.3 Å². The lowest BCUT2D eigenvalue weighted by molar-refractivity contribution is 0.161. The van der Waals surface area contributed by atoms with Crippen LogP contribution in [0.2, 0.25) is 0 Å². The number of rotatable bonds is 7. The first-order chi connectivity index (χ1) is 11.3. The maximum absolute atomic E-state index is 4.52. The molecule has 4 nitrogen and oxygen atoms in total. The highest BCUT2D eigenvalue weighted by molar-refractivity contribution is 7.99. The summed E-state index contributed by atoms with van der Waals surface area (Å²) in [5.74, 6) is 1.12. The Labute approximate surface area is 145 Å². The Bertz CT molecular complexity index is 459. The number of hydrogen-bond donors (Lipinski definition) is 0. The molecule has 0 radical (unpaired) electrons. The summed E-state index contributed by atoms with van der Waals surface area (Å²) >= 11 is 1.77. The molecule has 0 aliphatic carbocycles. The maximum atomic E-state index is 4.52. The predicted octanol–water partition coefficient (Wildman–Crippen LogP) is 3.43. The Kier molecular flexibility index (Phi) is 6.72. The van der Waals surface area contributed by atoms with Crippen molar-refractivity contribution in [2.75, 3.05) is 31.9 Å². The summed E-state index contributed by atoms with van der Waals surface area (Å²) in [6, 6.07) is 0.778. The van der Waals surface area contributed by atoms with Gasteiger partial charge in [-0.2, -0.15) is 0 Å². The highest BCUT2D eigenvalue weighted by Gasteiger charge is 2.28. The van der Waals surface area contributed by atoms with Crippen molar-refractivity contribution in [3.8, 4) is 0 Å². The molecule has 23 heavy (non-hydrogen) atoms. The van der Waals surface area contributed by atoms with Crippen molar-refractivity contribution in [1.29, 1.82) is 0 Å². The summed E-state index contributed by atoms with van der Waals surface area (Å²) in [7, 11) is 0. The molecule has 0 bridgehead atoms. The fourth-order valence-corrected chi connectivity index (χ4v) is 4.47. The molecule has 2 aliphatic heterocycles. The smallest absolute Gasteiger partial charge is 0.187 e. The van der Waals surface area contributed by atoms with Crippen LogP contribution in [0.3, 0.4) is 0 Å².